The molecule has 0 radical (unpaired) electrons. The number of hydrogen-bond donors (Lipinski definition) is 0. The molecule has 0 N–H and O–H groups in total. The maximum Gasteiger partial charge on any atom is 0.302 e. The van der Waals surface area contributed by atoms with Crippen LogP contribution in [0, 0.1) is 11.3 Å². The van der Waals surface area contributed by atoms with Crippen LogP contribution in [0.5, 0.6) is 0 Å². The molecular weight excluding hydrogens is 268 g/mol. The lowest BCUT2D eigenvalue weighted by molar-refractivity contribution is -0.140. The summed E-state index contributed by atoms with van der Waals surface area (Å²) >= 11 is 3.25. The zero-order chi connectivity index (χ0) is 13.8. The van der Waals surface area contributed by atoms with E-state index >= 15 is 0 Å². The van der Waals surface area contributed by atoms with Gasteiger partial charge in [-0.2, -0.15) is 17.0 Å². The molecule has 0 aromatic rings. The summed E-state index contributed by atoms with van der Waals surface area (Å²) < 4.78 is 4.82. The summed E-state index contributed by atoms with van der Waals surface area (Å²) in [6.45, 7) is 8.11. The molecule has 6 heteroatoms. The van der Waals surface area contributed by atoms with Gasteiger partial charge in [-0.3, -0.25) is 9.79 Å². The van der Waals surface area contributed by atoms with Crippen molar-refractivity contribution in [3.8, 4) is 6.07 Å². The van der Waals surface area contributed by atoms with Crippen LogP contribution in [0.25, 0.3) is 0 Å². The Hall–Kier alpha value is -0.930. The van der Waals surface area contributed by atoms with Crippen LogP contribution in [-0.2, 0) is 9.53 Å². The highest BCUT2D eigenvalue weighted by atomic mass is 32.2. The Bertz CT molecular complexity index is 348. The van der Waals surface area contributed by atoms with E-state index in [1.54, 1.807) is 11.8 Å². The molecule has 4 nitrogen and oxygen atoms in total. The number of carbonyl (C=O) groups excluding carboxylic acids is 1. The second kappa shape index (κ2) is 11.2. The van der Waals surface area contributed by atoms with Crippen LogP contribution in [-0.4, -0.2) is 35.0 Å². The zero-order valence-electron chi connectivity index (χ0n) is 10.8. The van der Waals surface area contributed by atoms with E-state index < -0.39 is 0 Å². The van der Waals surface area contributed by atoms with Gasteiger partial charge in [0.25, 0.3) is 0 Å². The molecule has 0 saturated heterocycles. The molecule has 0 amide bonds. The minimum absolute atomic E-state index is 0.239. The first-order valence-corrected chi connectivity index (χ1v) is 7.73. The van der Waals surface area contributed by atoms with Crippen LogP contribution < -0.4 is 0 Å². The highest BCUT2D eigenvalue weighted by Gasteiger charge is 2.04. The van der Waals surface area contributed by atoms with Crippen LogP contribution in [0.4, 0.5) is 0 Å². The smallest absolute Gasteiger partial charge is 0.302 e. The molecule has 18 heavy (non-hydrogen) atoms. The van der Waals surface area contributed by atoms with E-state index in [0.717, 1.165) is 17.3 Å². The maximum atomic E-state index is 10.5. The van der Waals surface area contributed by atoms with E-state index in [9.17, 15) is 4.79 Å². The molecule has 0 aliphatic carbocycles. The second-order valence-corrected chi connectivity index (χ2v) is 5.67. The van der Waals surface area contributed by atoms with Crippen molar-refractivity contribution in [3.05, 3.63) is 12.2 Å². The average molecular weight is 286 g/mol. The molecule has 0 fully saturated rings. The van der Waals surface area contributed by atoms with Crippen molar-refractivity contribution in [2.75, 3.05) is 24.0 Å². The molecule has 0 heterocycles. The fourth-order valence-electron chi connectivity index (χ4n) is 0.953. The summed E-state index contributed by atoms with van der Waals surface area (Å²) in [5, 5.41) is 10.3. The normalized spacial score (nSPS) is 10.8. The lowest BCUT2D eigenvalue weighted by Crippen LogP contribution is -2.01. The summed E-state index contributed by atoms with van der Waals surface area (Å²) in [5.74, 6) is 0.677. The summed E-state index contributed by atoms with van der Waals surface area (Å²) in [4.78, 5) is 14.7. The summed E-state index contributed by atoms with van der Waals surface area (Å²) in [6.07, 6.45) is 0.838. The third-order valence-electron chi connectivity index (χ3n) is 1.71. The molecule has 0 aliphatic rings. The summed E-state index contributed by atoms with van der Waals surface area (Å²) in [5.41, 5.74) is 0.419. The molecule has 0 spiro atoms. The molecular formula is C12H18N2O2S2. The van der Waals surface area contributed by atoms with Gasteiger partial charge in [-0.05, 0) is 19.1 Å². The number of nitrogens with zero attached hydrogens (tertiary/aromatic N) is 2. The average Bonchev–Trinajstić information content (AvgIpc) is 2.35. The standard InChI is InChI=1S/C12H18N2O2S2/c1-4-14-12(10(2)8-13)18-9-17-7-5-6-16-11(3)15/h2,4-7,9H2,1,3H3. The third-order valence-corrected chi connectivity index (χ3v) is 4.08. The zero-order valence-corrected chi connectivity index (χ0v) is 12.4. The van der Waals surface area contributed by atoms with Gasteiger partial charge in [0, 0.05) is 18.6 Å². The molecule has 0 aliphatic heterocycles. The van der Waals surface area contributed by atoms with Crippen LogP contribution in [0.2, 0.25) is 0 Å². The molecule has 0 bridgehead atoms. The second-order valence-electron chi connectivity index (χ2n) is 3.23. The van der Waals surface area contributed by atoms with Gasteiger partial charge in [0.1, 0.15) is 11.1 Å². The van der Waals surface area contributed by atoms with Gasteiger partial charge < -0.3 is 4.74 Å². The van der Waals surface area contributed by atoms with E-state index in [4.69, 9.17) is 10.00 Å². The van der Waals surface area contributed by atoms with Gasteiger partial charge in [0.2, 0.25) is 0 Å². The van der Waals surface area contributed by atoms with Gasteiger partial charge in [-0.1, -0.05) is 18.3 Å². The highest BCUT2D eigenvalue weighted by Crippen LogP contribution is 2.18. The number of esters is 1. The van der Waals surface area contributed by atoms with Crippen LogP contribution >= 0.6 is 23.5 Å². The molecule has 0 aromatic carbocycles. The number of aliphatic imine (C=N–C) groups is 1. The van der Waals surface area contributed by atoms with E-state index in [0.29, 0.717) is 23.8 Å². The minimum Gasteiger partial charge on any atom is -0.466 e. The number of thioether (sulfide) groups is 2. The van der Waals surface area contributed by atoms with Gasteiger partial charge in [0.05, 0.1) is 12.2 Å². The Morgan fingerprint density at radius 3 is 2.83 bits per heavy atom. The van der Waals surface area contributed by atoms with E-state index in [2.05, 4.69) is 11.6 Å². The van der Waals surface area contributed by atoms with E-state index in [-0.39, 0.29) is 5.97 Å². The Morgan fingerprint density at radius 1 is 1.56 bits per heavy atom. The van der Waals surface area contributed by atoms with Crippen molar-refractivity contribution in [1.82, 2.24) is 0 Å². The van der Waals surface area contributed by atoms with Gasteiger partial charge in [-0.15, -0.1) is 0 Å². The number of hydrogen-bond acceptors (Lipinski definition) is 6. The van der Waals surface area contributed by atoms with Gasteiger partial charge in [0.15, 0.2) is 0 Å². The van der Waals surface area contributed by atoms with Gasteiger partial charge in [-0.25, -0.2) is 0 Å². The summed E-state index contributed by atoms with van der Waals surface area (Å²) in [6, 6.07) is 2.01. The third kappa shape index (κ3) is 9.14. The van der Waals surface area contributed by atoms with Crippen LogP contribution in [0.15, 0.2) is 17.1 Å². The monoisotopic (exact) mass is 286 g/mol. The topological polar surface area (TPSA) is 62.4 Å². The molecule has 0 atom stereocenters. The minimum atomic E-state index is -0.239. The Labute approximate surface area is 117 Å². The Kier molecular flexibility index (Phi) is 10.6. The molecule has 0 aromatic heterocycles. The first kappa shape index (κ1) is 17.1. The predicted molar refractivity (Wildman–Crippen MR) is 78.9 cm³/mol. The summed E-state index contributed by atoms with van der Waals surface area (Å²) in [7, 11) is 0. The molecule has 100 valence electrons. The quantitative estimate of drug-likeness (QED) is 0.171. The Balaban J connectivity index is 3.69. The SMILES string of the molecule is C=C(C#N)C(=NCC)SCSCCCOC(C)=O. The first-order valence-electron chi connectivity index (χ1n) is 5.59. The predicted octanol–water partition coefficient (Wildman–Crippen LogP) is 2.86. The fraction of sp³-hybridized carbons (Fsp3) is 0.583. The fourth-order valence-corrected chi connectivity index (χ4v) is 2.97. The molecule has 0 rings (SSSR count). The van der Waals surface area contributed by atoms with Crippen molar-refractivity contribution in [3.63, 3.8) is 0 Å². The maximum absolute atomic E-state index is 10.5. The first-order chi connectivity index (χ1) is 8.61. The van der Waals surface area contributed by atoms with Crippen molar-refractivity contribution in [1.29, 1.82) is 5.26 Å². The number of rotatable bonds is 8. The van der Waals surface area contributed by atoms with Crippen molar-refractivity contribution < 1.29 is 9.53 Å². The van der Waals surface area contributed by atoms with Gasteiger partial charge >= 0.3 is 5.97 Å². The highest BCUT2D eigenvalue weighted by molar-refractivity contribution is 8.24. The van der Waals surface area contributed by atoms with Crippen LogP contribution in [0.3, 0.4) is 0 Å². The van der Waals surface area contributed by atoms with Crippen LogP contribution in [0.1, 0.15) is 20.3 Å². The number of carbonyl (C=O) groups is 1. The number of ether oxygens (including phenoxy) is 1. The Morgan fingerprint density at radius 2 is 2.28 bits per heavy atom. The van der Waals surface area contributed by atoms with Crippen molar-refractivity contribution >= 4 is 34.5 Å². The van der Waals surface area contributed by atoms with E-state index in [1.165, 1.54) is 18.7 Å². The van der Waals surface area contributed by atoms with E-state index in [1.807, 2.05) is 13.0 Å². The largest absolute Gasteiger partial charge is 0.466 e. The molecule has 0 unspecified atom stereocenters. The molecule has 0 saturated carbocycles. The van der Waals surface area contributed by atoms with Crippen molar-refractivity contribution in [2.45, 2.75) is 20.3 Å². The lowest BCUT2D eigenvalue weighted by Gasteiger charge is -2.04. The lowest BCUT2D eigenvalue weighted by atomic mass is 10.4. The van der Waals surface area contributed by atoms with Crippen molar-refractivity contribution in [2.24, 2.45) is 4.99 Å². The number of nitriles is 1.